The van der Waals surface area contributed by atoms with Crippen molar-refractivity contribution in [1.29, 1.82) is 0 Å². The number of rotatable bonds is 3. The zero-order valence-corrected chi connectivity index (χ0v) is 10.2. The lowest BCUT2D eigenvalue weighted by molar-refractivity contribution is 0.373. The normalized spacial score (nSPS) is 12.5. The van der Waals surface area contributed by atoms with E-state index >= 15 is 0 Å². The van der Waals surface area contributed by atoms with Gasteiger partial charge in [-0.2, -0.15) is 5.10 Å². The first-order valence-electron chi connectivity index (χ1n) is 5.37. The zero-order valence-electron chi connectivity index (χ0n) is 10.2. The molecule has 0 aliphatic heterocycles. The number of nitrogens with zero attached hydrogens (tertiary/aromatic N) is 3. The molecule has 0 amide bonds. The van der Waals surface area contributed by atoms with Crippen molar-refractivity contribution in [2.45, 2.75) is 13.0 Å². The maximum absolute atomic E-state index is 6.15. The van der Waals surface area contributed by atoms with Gasteiger partial charge < -0.3 is 10.5 Å². The fourth-order valence-corrected chi connectivity index (χ4v) is 1.73. The van der Waals surface area contributed by atoms with Gasteiger partial charge in [-0.05, 0) is 18.1 Å². The molecular formula is C12H16N4O. The van der Waals surface area contributed by atoms with E-state index in [-0.39, 0.29) is 6.04 Å². The highest BCUT2D eigenvalue weighted by Gasteiger charge is 2.15. The second kappa shape index (κ2) is 4.55. The lowest BCUT2D eigenvalue weighted by atomic mass is 10.1. The van der Waals surface area contributed by atoms with E-state index in [1.165, 1.54) is 0 Å². The molecule has 0 fully saturated rings. The molecule has 17 heavy (non-hydrogen) atoms. The van der Waals surface area contributed by atoms with Gasteiger partial charge in [0.2, 0.25) is 5.88 Å². The van der Waals surface area contributed by atoms with Crippen molar-refractivity contribution in [2.24, 2.45) is 12.8 Å². The molecule has 0 radical (unpaired) electrons. The van der Waals surface area contributed by atoms with Crippen molar-refractivity contribution in [2.75, 3.05) is 7.11 Å². The molecule has 0 bridgehead atoms. The lowest BCUT2D eigenvalue weighted by Gasteiger charge is -2.08. The van der Waals surface area contributed by atoms with Crippen LogP contribution in [0.4, 0.5) is 0 Å². The van der Waals surface area contributed by atoms with Gasteiger partial charge in [0.25, 0.3) is 0 Å². The minimum atomic E-state index is -0.280. The highest BCUT2D eigenvalue weighted by atomic mass is 16.5. The van der Waals surface area contributed by atoms with Crippen molar-refractivity contribution < 1.29 is 4.74 Å². The van der Waals surface area contributed by atoms with Crippen molar-refractivity contribution in [1.82, 2.24) is 14.8 Å². The van der Waals surface area contributed by atoms with Gasteiger partial charge >= 0.3 is 0 Å². The molecule has 0 saturated carbocycles. The van der Waals surface area contributed by atoms with Crippen LogP contribution >= 0.6 is 0 Å². The van der Waals surface area contributed by atoms with Gasteiger partial charge in [0.05, 0.1) is 18.8 Å². The molecular weight excluding hydrogens is 216 g/mol. The maximum atomic E-state index is 6.15. The Hall–Kier alpha value is -1.88. The van der Waals surface area contributed by atoms with Gasteiger partial charge in [-0.3, -0.25) is 4.98 Å². The molecule has 2 aromatic heterocycles. The quantitative estimate of drug-likeness (QED) is 0.863. The van der Waals surface area contributed by atoms with Crippen LogP contribution in [0.25, 0.3) is 0 Å². The summed E-state index contributed by atoms with van der Waals surface area (Å²) in [5, 5.41) is 4.33. The summed E-state index contributed by atoms with van der Waals surface area (Å²) in [6, 6.07) is 3.57. The van der Waals surface area contributed by atoms with Crippen LogP contribution in [0.5, 0.6) is 5.88 Å². The molecule has 0 saturated heterocycles. The topological polar surface area (TPSA) is 66.0 Å². The van der Waals surface area contributed by atoms with E-state index in [0.717, 1.165) is 16.8 Å². The lowest BCUT2D eigenvalue weighted by Crippen LogP contribution is -2.13. The molecule has 2 N–H and O–H groups in total. The fourth-order valence-electron chi connectivity index (χ4n) is 1.73. The summed E-state index contributed by atoms with van der Waals surface area (Å²) in [6.45, 7) is 1.99. The van der Waals surface area contributed by atoms with E-state index in [4.69, 9.17) is 10.5 Å². The van der Waals surface area contributed by atoms with Crippen LogP contribution in [0.2, 0.25) is 0 Å². The number of aromatic nitrogens is 3. The number of nitrogens with two attached hydrogens (primary N) is 1. The van der Waals surface area contributed by atoms with E-state index in [9.17, 15) is 0 Å². The minimum absolute atomic E-state index is 0.280. The van der Waals surface area contributed by atoms with E-state index in [2.05, 4.69) is 10.1 Å². The standard InChI is InChI=1S/C12H16N4O/c1-8-4-9(7-14-6-8)12(13)10-5-11(17-3)16(2)15-10/h4-7,12H,13H2,1-3H3. The maximum Gasteiger partial charge on any atom is 0.211 e. The monoisotopic (exact) mass is 232 g/mol. The molecule has 2 aromatic rings. The molecule has 0 aliphatic rings. The summed E-state index contributed by atoms with van der Waals surface area (Å²) in [6.07, 6.45) is 3.56. The highest BCUT2D eigenvalue weighted by Crippen LogP contribution is 2.21. The van der Waals surface area contributed by atoms with Gasteiger partial charge in [-0.25, -0.2) is 4.68 Å². The first kappa shape index (κ1) is 11.6. The van der Waals surface area contributed by atoms with Gasteiger partial charge in [0.1, 0.15) is 0 Å². The van der Waals surface area contributed by atoms with Crippen molar-refractivity contribution in [3.63, 3.8) is 0 Å². The molecule has 2 heterocycles. The molecule has 1 unspecified atom stereocenters. The Morgan fingerprint density at radius 1 is 1.35 bits per heavy atom. The summed E-state index contributed by atoms with van der Waals surface area (Å²) in [7, 11) is 3.43. The van der Waals surface area contributed by atoms with E-state index < -0.39 is 0 Å². The van der Waals surface area contributed by atoms with E-state index in [1.807, 2.05) is 26.1 Å². The van der Waals surface area contributed by atoms with Crippen molar-refractivity contribution in [3.8, 4) is 5.88 Å². The van der Waals surface area contributed by atoms with Crippen LogP contribution in [-0.4, -0.2) is 21.9 Å². The number of pyridine rings is 1. The fraction of sp³-hybridized carbons (Fsp3) is 0.333. The Labute approximate surface area is 100 Å². The zero-order chi connectivity index (χ0) is 12.4. The largest absolute Gasteiger partial charge is 0.481 e. The first-order valence-corrected chi connectivity index (χ1v) is 5.37. The van der Waals surface area contributed by atoms with Gasteiger partial charge in [-0.15, -0.1) is 0 Å². The second-order valence-corrected chi connectivity index (χ2v) is 4.01. The third-order valence-corrected chi connectivity index (χ3v) is 2.64. The van der Waals surface area contributed by atoms with Crippen LogP contribution in [0.15, 0.2) is 24.5 Å². The first-order chi connectivity index (χ1) is 8.11. The molecule has 5 heteroatoms. The van der Waals surface area contributed by atoms with Gasteiger partial charge in [0, 0.05) is 25.5 Å². The third-order valence-electron chi connectivity index (χ3n) is 2.64. The Kier molecular flexibility index (Phi) is 3.10. The van der Waals surface area contributed by atoms with Crippen LogP contribution < -0.4 is 10.5 Å². The Morgan fingerprint density at radius 3 is 2.71 bits per heavy atom. The van der Waals surface area contributed by atoms with Crippen LogP contribution in [0, 0.1) is 6.92 Å². The number of aryl methyl sites for hydroxylation is 2. The van der Waals surface area contributed by atoms with Gasteiger partial charge in [-0.1, -0.05) is 6.07 Å². The molecule has 2 rings (SSSR count). The predicted molar refractivity (Wildman–Crippen MR) is 64.8 cm³/mol. The van der Waals surface area contributed by atoms with Crippen LogP contribution in [0.3, 0.4) is 0 Å². The summed E-state index contributed by atoms with van der Waals surface area (Å²) in [5.41, 5.74) is 8.96. The number of methoxy groups -OCH3 is 1. The molecule has 5 nitrogen and oxygen atoms in total. The number of ether oxygens (including phenoxy) is 1. The Balaban J connectivity index is 2.33. The minimum Gasteiger partial charge on any atom is -0.481 e. The van der Waals surface area contributed by atoms with Crippen molar-refractivity contribution >= 4 is 0 Å². The van der Waals surface area contributed by atoms with Crippen LogP contribution in [0.1, 0.15) is 22.9 Å². The Bertz CT molecular complexity index is 521. The van der Waals surface area contributed by atoms with Gasteiger partial charge in [0.15, 0.2) is 0 Å². The summed E-state index contributed by atoms with van der Waals surface area (Å²) < 4.78 is 6.83. The Morgan fingerprint density at radius 2 is 2.12 bits per heavy atom. The average molecular weight is 232 g/mol. The molecule has 0 spiro atoms. The van der Waals surface area contributed by atoms with E-state index in [0.29, 0.717) is 5.88 Å². The molecule has 0 aliphatic carbocycles. The third kappa shape index (κ3) is 2.29. The molecule has 0 aromatic carbocycles. The average Bonchev–Trinajstić information content (AvgIpc) is 2.69. The predicted octanol–water partition coefficient (Wildman–Crippen LogP) is 1.18. The van der Waals surface area contributed by atoms with Crippen LogP contribution in [-0.2, 0) is 7.05 Å². The van der Waals surface area contributed by atoms with E-state index in [1.54, 1.807) is 24.2 Å². The molecule has 90 valence electrons. The molecule has 1 atom stereocenters. The SMILES string of the molecule is COc1cc(C(N)c2cncc(C)c2)nn1C. The smallest absolute Gasteiger partial charge is 0.211 e. The summed E-state index contributed by atoms with van der Waals surface area (Å²) >= 11 is 0. The second-order valence-electron chi connectivity index (χ2n) is 4.01. The highest BCUT2D eigenvalue weighted by molar-refractivity contribution is 5.29. The number of hydrogen-bond donors (Lipinski definition) is 1. The summed E-state index contributed by atoms with van der Waals surface area (Å²) in [4.78, 5) is 4.13. The van der Waals surface area contributed by atoms with Crippen molar-refractivity contribution in [3.05, 3.63) is 41.3 Å². The summed E-state index contributed by atoms with van der Waals surface area (Å²) in [5.74, 6) is 0.691. The number of hydrogen-bond acceptors (Lipinski definition) is 4.